The Bertz CT molecular complexity index is 1620. The number of ether oxygens (including phenoxy) is 2. The minimum Gasteiger partial charge on any atom is -0.492 e. The predicted octanol–water partition coefficient (Wildman–Crippen LogP) is 5.56. The molecule has 4 aromatic rings. The van der Waals surface area contributed by atoms with Crippen LogP contribution in [0.2, 0.25) is 5.02 Å². The van der Waals surface area contributed by atoms with E-state index in [1.54, 1.807) is 72.8 Å². The average molecular weight is 499 g/mol. The summed E-state index contributed by atoms with van der Waals surface area (Å²) in [4.78, 5) is 42.0. The standard InChI is InChI=1S/C29H19ClO6/c1-2-17-15-34-25-19-7-3-5-9-21(19)35-27(32)23(25)24(16-11-13-18(30)14-12-16)29(17)26(31)20-8-4-6-10-22(20)36-28(29)33/h2-14,17,24H,1,15H2/t17-,24-,29+/m0/s1. The lowest BCUT2D eigenvalue weighted by molar-refractivity contribution is -0.147. The molecule has 0 N–H and O–H groups in total. The summed E-state index contributed by atoms with van der Waals surface area (Å²) in [5.74, 6) is -2.72. The summed E-state index contributed by atoms with van der Waals surface area (Å²) >= 11 is 6.17. The number of halogens is 1. The normalized spacial score (nSPS) is 22.8. The first-order valence-electron chi connectivity index (χ1n) is 11.4. The maximum Gasteiger partial charge on any atom is 0.343 e. The van der Waals surface area contributed by atoms with Crippen LogP contribution in [-0.4, -0.2) is 18.4 Å². The molecule has 0 saturated carbocycles. The van der Waals surface area contributed by atoms with E-state index in [9.17, 15) is 14.4 Å². The second-order valence-electron chi connectivity index (χ2n) is 8.85. The zero-order valence-corrected chi connectivity index (χ0v) is 19.7. The van der Waals surface area contributed by atoms with Gasteiger partial charge in [0.2, 0.25) is 0 Å². The Morgan fingerprint density at radius 3 is 2.44 bits per heavy atom. The van der Waals surface area contributed by atoms with Crippen molar-refractivity contribution < 1.29 is 23.5 Å². The van der Waals surface area contributed by atoms with Gasteiger partial charge in [-0.2, -0.15) is 0 Å². The lowest BCUT2D eigenvalue weighted by atomic mass is 9.58. The van der Waals surface area contributed by atoms with E-state index < -0.39 is 34.6 Å². The van der Waals surface area contributed by atoms with E-state index in [-0.39, 0.29) is 29.2 Å². The van der Waals surface area contributed by atoms with Crippen molar-refractivity contribution in [3.8, 4) is 11.5 Å². The van der Waals surface area contributed by atoms with E-state index in [2.05, 4.69) is 6.58 Å². The first-order valence-corrected chi connectivity index (χ1v) is 11.8. The molecule has 0 radical (unpaired) electrons. The van der Waals surface area contributed by atoms with E-state index in [0.717, 1.165) is 0 Å². The van der Waals surface area contributed by atoms with Gasteiger partial charge in [0.15, 0.2) is 11.2 Å². The van der Waals surface area contributed by atoms with Gasteiger partial charge in [-0.15, -0.1) is 6.58 Å². The molecule has 7 heteroatoms. The number of Topliss-reactive ketones (excluding diaryl/α,β-unsaturated/α-hetero) is 1. The van der Waals surface area contributed by atoms with Crippen molar-refractivity contribution >= 4 is 34.3 Å². The van der Waals surface area contributed by atoms with Gasteiger partial charge in [-0.25, -0.2) is 4.79 Å². The molecule has 0 aliphatic carbocycles. The van der Waals surface area contributed by atoms with Crippen molar-refractivity contribution in [3.05, 3.63) is 118 Å². The fraction of sp³-hybridized carbons (Fsp3) is 0.138. The Morgan fingerprint density at radius 1 is 0.944 bits per heavy atom. The summed E-state index contributed by atoms with van der Waals surface area (Å²) in [7, 11) is 0. The molecule has 2 aliphatic heterocycles. The summed E-state index contributed by atoms with van der Waals surface area (Å²) in [6.45, 7) is 3.86. The Labute approximate surface area is 210 Å². The SMILES string of the molecule is C=C[C@H]1COc2c(c(=O)oc3ccccc23)[C@H](c2ccc(Cl)cc2)[C@]12C(=O)Oc1ccccc1C2=O. The van der Waals surface area contributed by atoms with Crippen molar-refractivity contribution in [3.63, 3.8) is 0 Å². The zero-order valence-electron chi connectivity index (χ0n) is 18.9. The van der Waals surface area contributed by atoms with Gasteiger partial charge in [-0.1, -0.05) is 54.1 Å². The highest BCUT2D eigenvalue weighted by Gasteiger charge is 2.63. The van der Waals surface area contributed by atoms with Gasteiger partial charge in [0.1, 0.15) is 17.1 Å². The molecule has 178 valence electrons. The summed E-state index contributed by atoms with van der Waals surface area (Å²) in [6, 6.07) is 20.2. The molecule has 0 fully saturated rings. The van der Waals surface area contributed by atoms with E-state index in [0.29, 0.717) is 21.6 Å². The summed E-state index contributed by atoms with van der Waals surface area (Å²) < 4.78 is 17.7. The van der Waals surface area contributed by atoms with Crippen molar-refractivity contribution in [1.29, 1.82) is 0 Å². The van der Waals surface area contributed by atoms with Crippen LogP contribution in [0.5, 0.6) is 11.5 Å². The first kappa shape index (κ1) is 22.3. The number of carbonyl (C=O) groups is 2. The third kappa shape index (κ3) is 3.01. The molecule has 0 amide bonds. The van der Waals surface area contributed by atoms with Crippen LogP contribution in [0, 0.1) is 11.3 Å². The molecule has 3 aromatic carbocycles. The molecule has 3 heterocycles. The van der Waals surface area contributed by atoms with Crippen molar-refractivity contribution in [1.82, 2.24) is 0 Å². The number of ketones is 1. The lowest BCUT2D eigenvalue weighted by Crippen LogP contribution is -2.55. The monoisotopic (exact) mass is 498 g/mol. The second kappa shape index (κ2) is 8.21. The minimum atomic E-state index is -1.87. The van der Waals surface area contributed by atoms with E-state index in [1.165, 1.54) is 6.08 Å². The van der Waals surface area contributed by atoms with Crippen LogP contribution in [0.1, 0.15) is 27.4 Å². The first-order chi connectivity index (χ1) is 17.5. The van der Waals surface area contributed by atoms with Crippen molar-refractivity contribution in [2.24, 2.45) is 11.3 Å². The topological polar surface area (TPSA) is 82.8 Å². The third-order valence-corrected chi connectivity index (χ3v) is 7.32. The highest BCUT2D eigenvalue weighted by Crippen LogP contribution is 2.56. The van der Waals surface area contributed by atoms with Crippen LogP contribution < -0.4 is 15.1 Å². The number of hydrogen-bond acceptors (Lipinski definition) is 6. The van der Waals surface area contributed by atoms with Crippen LogP contribution in [-0.2, 0) is 4.79 Å². The number of esters is 1. The van der Waals surface area contributed by atoms with Crippen LogP contribution in [0.3, 0.4) is 0 Å². The molecule has 6 nitrogen and oxygen atoms in total. The Balaban J connectivity index is 1.76. The molecule has 0 saturated heterocycles. The lowest BCUT2D eigenvalue weighted by Gasteiger charge is -2.42. The van der Waals surface area contributed by atoms with Gasteiger partial charge in [0, 0.05) is 16.9 Å². The number of hydrogen-bond donors (Lipinski definition) is 0. The molecule has 2 aliphatic rings. The second-order valence-corrected chi connectivity index (χ2v) is 9.29. The number of para-hydroxylation sites is 2. The fourth-order valence-electron chi connectivity index (χ4n) is 5.44. The smallest absolute Gasteiger partial charge is 0.343 e. The van der Waals surface area contributed by atoms with E-state index >= 15 is 0 Å². The molecular weight excluding hydrogens is 480 g/mol. The summed E-state index contributed by atoms with van der Waals surface area (Å²) in [5, 5.41) is 1.02. The van der Waals surface area contributed by atoms with Crippen LogP contribution in [0.15, 0.2) is 94.7 Å². The van der Waals surface area contributed by atoms with Gasteiger partial charge in [-0.05, 0) is 42.0 Å². The highest BCUT2D eigenvalue weighted by atomic mass is 35.5. The molecule has 3 atom stereocenters. The maximum absolute atomic E-state index is 14.4. The molecular formula is C29H19ClO6. The molecule has 0 unspecified atom stereocenters. The maximum atomic E-state index is 14.4. The van der Waals surface area contributed by atoms with Gasteiger partial charge in [-0.3, -0.25) is 9.59 Å². The largest absolute Gasteiger partial charge is 0.492 e. The number of fused-ring (bicyclic) bond motifs is 4. The Hall–Kier alpha value is -4.16. The molecule has 1 spiro atoms. The Morgan fingerprint density at radius 2 is 1.67 bits per heavy atom. The minimum absolute atomic E-state index is 0.0724. The predicted molar refractivity (Wildman–Crippen MR) is 134 cm³/mol. The van der Waals surface area contributed by atoms with Gasteiger partial charge < -0.3 is 13.9 Å². The summed E-state index contributed by atoms with van der Waals surface area (Å²) in [6.07, 6.45) is 1.52. The Kier molecular flexibility index (Phi) is 5.09. The van der Waals surface area contributed by atoms with Crippen LogP contribution >= 0.6 is 11.6 Å². The highest BCUT2D eigenvalue weighted by molar-refractivity contribution is 6.30. The van der Waals surface area contributed by atoms with Gasteiger partial charge >= 0.3 is 11.6 Å². The number of carbonyl (C=O) groups excluding carboxylic acids is 2. The van der Waals surface area contributed by atoms with Gasteiger partial charge in [0.05, 0.1) is 23.1 Å². The quantitative estimate of drug-likeness (QED) is 0.118. The fourth-order valence-corrected chi connectivity index (χ4v) is 5.56. The van der Waals surface area contributed by atoms with E-state index in [4.69, 9.17) is 25.5 Å². The third-order valence-electron chi connectivity index (χ3n) is 7.07. The molecule has 1 aromatic heterocycles. The van der Waals surface area contributed by atoms with Crippen molar-refractivity contribution in [2.75, 3.05) is 6.61 Å². The average Bonchev–Trinajstić information content (AvgIpc) is 3.04. The molecule has 6 rings (SSSR count). The van der Waals surface area contributed by atoms with Crippen LogP contribution in [0.25, 0.3) is 11.0 Å². The van der Waals surface area contributed by atoms with Gasteiger partial charge in [0.25, 0.3) is 0 Å². The number of rotatable bonds is 2. The zero-order chi connectivity index (χ0) is 25.0. The van der Waals surface area contributed by atoms with Crippen molar-refractivity contribution in [2.45, 2.75) is 5.92 Å². The summed E-state index contributed by atoms with van der Waals surface area (Å²) in [5.41, 5.74) is -1.39. The molecule has 0 bridgehead atoms. The van der Waals surface area contributed by atoms with E-state index in [1.807, 2.05) is 0 Å². The number of benzene rings is 3. The molecule has 36 heavy (non-hydrogen) atoms. The van der Waals surface area contributed by atoms with Crippen LogP contribution in [0.4, 0.5) is 0 Å².